The van der Waals surface area contributed by atoms with Gasteiger partial charge in [-0.05, 0) is 44.1 Å². The second-order valence-corrected chi connectivity index (χ2v) is 5.43. The van der Waals surface area contributed by atoms with Crippen molar-refractivity contribution in [3.05, 3.63) is 23.2 Å². The van der Waals surface area contributed by atoms with Crippen LogP contribution in [-0.4, -0.2) is 38.1 Å². The Bertz CT molecular complexity index is 465. The highest BCUT2D eigenvalue weighted by molar-refractivity contribution is 6.32. The van der Waals surface area contributed by atoms with Crippen LogP contribution in [0.15, 0.2) is 18.2 Å². The summed E-state index contributed by atoms with van der Waals surface area (Å²) < 4.78 is 5.07. The van der Waals surface area contributed by atoms with Gasteiger partial charge in [0.2, 0.25) is 5.91 Å². The zero-order chi connectivity index (χ0) is 13.8. The molecule has 1 aliphatic rings. The fraction of sp³-hybridized carbons (Fsp3) is 0.500. The van der Waals surface area contributed by atoms with E-state index >= 15 is 0 Å². The van der Waals surface area contributed by atoms with Gasteiger partial charge in [0.15, 0.2) is 0 Å². The van der Waals surface area contributed by atoms with E-state index in [0.717, 1.165) is 19.5 Å². The number of nitrogens with zero attached hydrogens (tertiary/aromatic N) is 1. The number of benzene rings is 1. The van der Waals surface area contributed by atoms with Gasteiger partial charge in [-0.15, -0.1) is 0 Å². The van der Waals surface area contributed by atoms with Crippen LogP contribution in [-0.2, 0) is 4.79 Å². The standard InChI is InChI=1S/C14H19ClN2O2/c1-17-6-5-10(9-17)7-14(18)16-11-3-4-13(19-2)12(15)8-11/h3-4,8,10H,5-7,9H2,1-2H3,(H,16,18). The quantitative estimate of drug-likeness (QED) is 0.923. The molecule has 1 aromatic carbocycles. The Morgan fingerprint density at radius 3 is 2.95 bits per heavy atom. The van der Waals surface area contributed by atoms with Crippen LogP contribution < -0.4 is 10.1 Å². The maximum absolute atomic E-state index is 11.9. The number of carbonyl (C=O) groups is 1. The normalized spacial score (nSPS) is 19.4. The average molecular weight is 283 g/mol. The van der Waals surface area contributed by atoms with Gasteiger partial charge < -0.3 is 15.0 Å². The number of likely N-dealkylation sites (tertiary alicyclic amines) is 1. The lowest BCUT2D eigenvalue weighted by Gasteiger charge is -2.11. The number of nitrogens with one attached hydrogen (secondary N) is 1. The first kappa shape index (κ1) is 14.2. The molecule has 0 aliphatic carbocycles. The Morgan fingerprint density at radius 1 is 1.58 bits per heavy atom. The number of anilines is 1. The van der Waals surface area contributed by atoms with Gasteiger partial charge in [-0.2, -0.15) is 0 Å². The number of hydrogen-bond acceptors (Lipinski definition) is 3. The lowest BCUT2D eigenvalue weighted by atomic mass is 10.0. The van der Waals surface area contributed by atoms with Crippen molar-refractivity contribution in [2.24, 2.45) is 5.92 Å². The molecule has 104 valence electrons. The molecule has 4 nitrogen and oxygen atoms in total. The predicted octanol–water partition coefficient (Wildman–Crippen LogP) is 2.63. The van der Waals surface area contributed by atoms with Gasteiger partial charge in [0.25, 0.3) is 0 Å². The molecule has 0 radical (unpaired) electrons. The maximum atomic E-state index is 11.9. The molecule has 1 amide bonds. The van der Waals surface area contributed by atoms with Gasteiger partial charge in [-0.3, -0.25) is 4.79 Å². The number of hydrogen-bond donors (Lipinski definition) is 1. The molecule has 0 saturated carbocycles. The van der Waals surface area contributed by atoms with Crippen molar-refractivity contribution in [2.45, 2.75) is 12.8 Å². The van der Waals surface area contributed by atoms with Gasteiger partial charge in [-0.1, -0.05) is 11.6 Å². The summed E-state index contributed by atoms with van der Waals surface area (Å²) in [5.74, 6) is 1.11. The molecule has 1 N–H and O–H groups in total. The number of rotatable bonds is 4. The minimum absolute atomic E-state index is 0.0431. The van der Waals surface area contributed by atoms with E-state index in [1.54, 1.807) is 25.3 Å². The van der Waals surface area contributed by atoms with Crippen LogP contribution in [0, 0.1) is 5.92 Å². The first-order chi connectivity index (χ1) is 9.08. The van der Waals surface area contributed by atoms with Crippen molar-refractivity contribution in [3.63, 3.8) is 0 Å². The van der Waals surface area contributed by atoms with Gasteiger partial charge in [0, 0.05) is 18.7 Å². The van der Waals surface area contributed by atoms with Crippen molar-refractivity contribution >= 4 is 23.2 Å². The van der Waals surface area contributed by atoms with Crippen LogP contribution in [0.2, 0.25) is 5.02 Å². The van der Waals surface area contributed by atoms with E-state index in [0.29, 0.717) is 28.8 Å². The number of halogens is 1. The highest BCUT2D eigenvalue weighted by Gasteiger charge is 2.22. The minimum Gasteiger partial charge on any atom is -0.495 e. The zero-order valence-electron chi connectivity index (χ0n) is 11.3. The van der Waals surface area contributed by atoms with E-state index in [2.05, 4.69) is 17.3 Å². The van der Waals surface area contributed by atoms with Crippen molar-refractivity contribution in [1.29, 1.82) is 0 Å². The minimum atomic E-state index is 0.0431. The Kier molecular flexibility index (Phi) is 4.66. The first-order valence-corrected chi connectivity index (χ1v) is 6.78. The lowest BCUT2D eigenvalue weighted by Crippen LogP contribution is -2.19. The monoisotopic (exact) mass is 282 g/mol. The molecule has 1 aliphatic heterocycles. The SMILES string of the molecule is COc1ccc(NC(=O)CC2CCN(C)C2)cc1Cl. The summed E-state index contributed by atoms with van der Waals surface area (Å²) >= 11 is 6.02. The molecule has 1 unspecified atom stereocenters. The smallest absolute Gasteiger partial charge is 0.224 e. The molecule has 0 spiro atoms. The van der Waals surface area contributed by atoms with Gasteiger partial charge in [0.05, 0.1) is 12.1 Å². The van der Waals surface area contributed by atoms with E-state index in [1.807, 2.05) is 0 Å². The molecule has 1 heterocycles. The van der Waals surface area contributed by atoms with Crippen LogP contribution in [0.3, 0.4) is 0 Å². The molecular formula is C14H19ClN2O2. The van der Waals surface area contributed by atoms with E-state index in [1.165, 1.54) is 0 Å². The second-order valence-electron chi connectivity index (χ2n) is 5.02. The highest BCUT2D eigenvalue weighted by atomic mass is 35.5. The van der Waals surface area contributed by atoms with Crippen molar-refractivity contribution in [1.82, 2.24) is 4.90 Å². The Balaban J connectivity index is 1.90. The highest BCUT2D eigenvalue weighted by Crippen LogP contribution is 2.27. The van der Waals surface area contributed by atoms with E-state index < -0.39 is 0 Å². The van der Waals surface area contributed by atoms with Crippen LogP contribution in [0.1, 0.15) is 12.8 Å². The van der Waals surface area contributed by atoms with E-state index in [9.17, 15) is 4.79 Å². The van der Waals surface area contributed by atoms with Crippen LogP contribution in [0.4, 0.5) is 5.69 Å². The second kappa shape index (κ2) is 6.26. The molecule has 1 aromatic rings. The lowest BCUT2D eigenvalue weighted by molar-refractivity contribution is -0.117. The largest absolute Gasteiger partial charge is 0.495 e. The summed E-state index contributed by atoms with van der Waals surface area (Å²) in [6, 6.07) is 5.25. The third-order valence-electron chi connectivity index (χ3n) is 3.40. The van der Waals surface area contributed by atoms with E-state index in [-0.39, 0.29) is 5.91 Å². The third-order valence-corrected chi connectivity index (χ3v) is 3.69. The molecule has 0 aromatic heterocycles. The Morgan fingerprint density at radius 2 is 2.37 bits per heavy atom. The molecule has 0 bridgehead atoms. The fourth-order valence-corrected chi connectivity index (χ4v) is 2.67. The summed E-state index contributed by atoms with van der Waals surface area (Å²) in [5, 5.41) is 3.38. The van der Waals surface area contributed by atoms with Crippen molar-refractivity contribution < 1.29 is 9.53 Å². The summed E-state index contributed by atoms with van der Waals surface area (Å²) in [7, 11) is 3.65. The molecule has 19 heavy (non-hydrogen) atoms. The molecule has 1 fully saturated rings. The Labute approximate surface area is 118 Å². The van der Waals surface area contributed by atoms with Crippen LogP contribution in [0.5, 0.6) is 5.75 Å². The summed E-state index contributed by atoms with van der Waals surface area (Å²) in [4.78, 5) is 14.2. The van der Waals surface area contributed by atoms with E-state index in [4.69, 9.17) is 16.3 Å². The number of methoxy groups -OCH3 is 1. The van der Waals surface area contributed by atoms with Gasteiger partial charge in [-0.25, -0.2) is 0 Å². The number of carbonyl (C=O) groups excluding carboxylic acids is 1. The first-order valence-electron chi connectivity index (χ1n) is 6.40. The third kappa shape index (κ3) is 3.85. The summed E-state index contributed by atoms with van der Waals surface area (Å²) in [5.41, 5.74) is 0.710. The average Bonchev–Trinajstić information content (AvgIpc) is 2.74. The zero-order valence-corrected chi connectivity index (χ0v) is 12.0. The number of ether oxygens (including phenoxy) is 1. The Hall–Kier alpha value is -1.26. The fourth-order valence-electron chi connectivity index (χ4n) is 2.41. The molecule has 1 saturated heterocycles. The van der Waals surface area contributed by atoms with Crippen molar-refractivity contribution in [2.75, 3.05) is 32.6 Å². The molecule has 1 atom stereocenters. The van der Waals surface area contributed by atoms with Crippen LogP contribution >= 0.6 is 11.6 Å². The predicted molar refractivity (Wildman–Crippen MR) is 76.9 cm³/mol. The maximum Gasteiger partial charge on any atom is 0.224 e. The molecular weight excluding hydrogens is 264 g/mol. The summed E-state index contributed by atoms with van der Waals surface area (Å²) in [6.07, 6.45) is 1.65. The molecule has 5 heteroatoms. The van der Waals surface area contributed by atoms with Gasteiger partial charge >= 0.3 is 0 Å². The van der Waals surface area contributed by atoms with Gasteiger partial charge in [0.1, 0.15) is 5.75 Å². The topological polar surface area (TPSA) is 41.6 Å². The van der Waals surface area contributed by atoms with Crippen LogP contribution in [0.25, 0.3) is 0 Å². The molecule has 2 rings (SSSR count). The summed E-state index contributed by atoms with van der Waals surface area (Å²) in [6.45, 7) is 2.07. The van der Waals surface area contributed by atoms with Crippen molar-refractivity contribution in [3.8, 4) is 5.75 Å². The number of amides is 1.